The van der Waals surface area contributed by atoms with E-state index in [9.17, 15) is 13.2 Å². The molecule has 4 nitrogen and oxygen atoms in total. The van der Waals surface area contributed by atoms with Crippen LogP contribution in [-0.4, -0.2) is 17.6 Å². The number of halogens is 3. The molecule has 2 aromatic carbocycles. The lowest BCUT2D eigenvalue weighted by atomic mass is 10.1. The minimum Gasteiger partial charge on any atom is -0.409 e. The molecule has 0 radical (unpaired) electrons. The number of oxime groups is 1. The highest BCUT2D eigenvalue weighted by molar-refractivity contribution is 6.02. The van der Waals surface area contributed by atoms with Crippen LogP contribution < -0.4 is 10.6 Å². The van der Waals surface area contributed by atoms with Gasteiger partial charge in [-0.2, -0.15) is 13.2 Å². The van der Waals surface area contributed by atoms with Crippen LogP contribution in [0.3, 0.4) is 0 Å². The number of hydrogen-bond donors (Lipinski definition) is 2. The normalized spacial score (nSPS) is 12.2. The van der Waals surface area contributed by atoms with Gasteiger partial charge in [0.05, 0.1) is 5.56 Å². The third-order valence-electron chi connectivity index (χ3n) is 3.65. The van der Waals surface area contributed by atoms with E-state index < -0.39 is 11.7 Å². The molecule has 2 rings (SSSR count). The second kappa shape index (κ2) is 7.25. The molecule has 0 spiro atoms. The number of nitrogens with two attached hydrogens (primary N) is 1. The van der Waals surface area contributed by atoms with E-state index in [4.69, 9.17) is 10.9 Å². The summed E-state index contributed by atoms with van der Waals surface area (Å²) >= 11 is 0. The van der Waals surface area contributed by atoms with Gasteiger partial charge < -0.3 is 15.8 Å². The number of nitrogens with zero attached hydrogens (tertiary/aromatic N) is 2. The van der Waals surface area contributed by atoms with Crippen molar-refractivity contribution in [3.63, 3.8) is 0 Å². The maximum absolute atomic E-state index is 12.9. The molecule has 0 unspecified atom stereocenters. The van der Waals surface area contributed by atoms with Crippen molar-refractivity contribution in [2.75, 3.05) is 11.4 Å². The highest BCUT2D eigenvalue weighted by atomic mass is 19.4. The van der Waals surface area contributed by atoms with Crippen LogP contribution in [0.5, 0.6) is 0 Å². The van der Waals surface area contributed by atoms with Crippen LogP contribution in [-0.2, 0) is 12.7 Å². The summed E-state index contributed by atoms with van der Waals surface area (Å²) in [5.74, 6) is -0.359. The van der Waals surface area contributed by atoms with E-state index in [2.05, 4.69) is 5.16 Å². The lowest BCUT2D eigenvalue weighted by Gasteiger charge is -2.26. The molecule has 0 fully saturated rings. The molecule has 24 heavy (non-hydrogen) atoms. The first-order chi connectivity index (χ1) is 11.4. The van der Waals surface area contributed by atoms with E-state index in [1.807, 2.05) is 42.2 Å². The van der Waals surface area contributed by atoms with E-state index in [0.29, 0.717) is 18.8 Å². The molecule has 3 N–H and O–H groups in total. The predicted octanol–water partition coefficient (Wildman–Crippen LogP) is 3.83. The van der Waals surface area contributed by atoms with Crippen molar-refractivity contribution in [1.29, 1.82) is 0 Å². The Morgan fingerprint density at radius 2 is 1.83 bits per heavy atom. The highest BCUT2D eigenvalue weighted by Gasteiger charge is 2.31. The molecule has 128 valence electrons. The lowest BCUT2D eigenvalue weighted by molar-refractivity contribution is -0.137. The molecule has 0 aliphatic carbocycles. The van der Waals surface area contributed by atoms with Gasteiger partial charge in [0.1, 0.15) is 0 Å². The van der Waals surface area contributed by atoms with Crippen molar-refractivity contribution in [3.8, 4) is 0 Å². The maximum atomic E-state index is 12.9. The van der Waals surface area contributed by atoms with Crippen LogP contribution in [0.2, 0.25) is 0 Å². The average Bonchev–Trinajstić information content (AvgIpc) is 2.58. The molecule has 2 aromatic rings. The number of amidine groups is 1. The van der Waals surface area contributed by atoms with E-state index in [0.717, 1.165) is 17.7 Å². The van der Waals surface area contributed by atoms with Gasteiger partial charge in [-0.25, -0.2) is 0 Å². The quantitative estimate of drug-likeness (QED) is 0.377. The van der Waals surface area contributed by atoms with Crippen molar-refractivity contribution in [2.24, 2.45) is 10.9 Å². The Bertz CT molecular complexity index is 715. The zero-order chi connectivity index (χ0) is 17.7. The number of hydrogen-bond acceptors (Lipinski definition) is 3. The van der Waals surface area contributed by atoms with Gasteiger partial charge in [-0.1, -0.05) is 35.5 Å². The predicted molar refractivity (Wildman–Crippen MR) is 87.1 cm³/mol. The van der Waals surface area contributed by atoms with Crippen molar-refractivity contribution in [2.45, 2.75) is 19.6 Å². The van der Waals surface area contributed by atoms with Crippen LogP contribution >= 0.6 is 0 Å². The van der Waals surface area contributed by atoms with Crippen LogP contribution in [0.1, 0.15) is 23.6 Å². The van der Waals surface area contributed by atoms with Crippen molar-refractivity contribution in [1.82, 2.24) is 0 Å². The molecule has 0 aliphatic heterocycles. The average molecular weight is 337 g/mol. The van der Waals surface area contributed by atoms with Gasteiger partial charge in [-0.3, -0.25) is 0 Å². The van der Waals surface area contributed by atoms with E-state index in [-0.39, 0.29) is 11.4 Å². The molecular formula is C17H18F3N3O. The molecule has 0 saturated carbocycles. The second-order valence-corrected chi connectivity index (χ2v) is 5.21. The SMILES string of the molecule is CCN(Cc1ccccc1)c1ccc(C(F)(F)F)cc1/C(N)=N/O. The van der Waals surface area contributed by atoms with Crippen LogP contribution in [0.4, 0.5) is 18.9 Å². The van der Waals surface area contributed by atoms with Gasteiger partial charge in [-0.15, -0.1) is 0 Å². The number of alkyl halides is 3. The van der Waals surface area contributed by atoms with Crippen LogP contribution in [0.15, 0.2) is 53.7 Å². The molecule has 0 bridgehead atoms. The van der Waals surface area contributed by atoms with Gasteiger partial charge in [-0.05, 0) is 30.7 Å². The van der Waals surface area contributed by atoms with E-state index >= 15 is 0 Å². The number of rotatable bonds is 5. The summed E-state index contributed by atoms with van der Waals surface area (Å²) in [6, 6.07) is 12.8. The molecule has 0 aliphatic rings. The fraction of sp³-hybridized carbons (Fsp3) is 0.235. The summed E-state index contributed by atoms with van der Waals surface area (Å²) in [6.07, 6.45) is -4.50. The molecule has 0 amide bonds. The largest absolute Gasteiger partial charge is 0.416 e. The Hall–Kier alpha value is -2.70. The Morgan fingerprint density at radius 1 is 1.17 bits per heavy atom. The number of anilines is 1. The smallest absolute Gasteiger partial charge is 0.409 e. The van der Waals surface area contributed by atoms with Crippen molar-refractivity contribution < 1.29 is 18.4 Å². The Balaban J connectivity index is 2.46. The van der Waals surface area contributed by atoms with E-state index in [1.54, 1.807) is 0 Å². The first kappa shape index (κ1) is 17.7. The van der Waals surface area contributed by atoms with Gasteiger partial charge in [0.25, 0.3) is 0 Å². The minimum atomic E-state index is -4.50. The Labute approximate surface area is 138 Å². The summed E-state index contributed by atoms with van der Waals surface area (Å²) in [6.45, 7) is 2.93. The Morgan fingerprint density at radius 3 is 2.38 bits per heavy atom. The molecule has 0 saturated heterocycles. The summed E-state index contributed by atoms with van der Waals surface area (Å²) in [7, 11) is 0. The zero-order valence-electron chi connectivity index (χ0n) is 13.1. The first-order valence-electron chi connectivity index (χ1n) is 7.34. The molecular weight excluding hydrogens is 319 g/mol. The van der Waals surface area contributed by atoms with Crippen molar-refractivity contribution >= 4 is 11.5 Å². The van der Waals surface area contributed by atoms with Crippen LogP contribution in [0.25, 0.3) is 0 Å². The fourth-order valence-corrected chi connectivity index (χ4v) is 2.42. The lowest BCUT2D eigenvalue weighted by Crippen LogP contribution is -2.26. The topological polar surface area (TPSA) is 61.8 Å². The summed E-state index contributed by atoms with van der Waals surface area (Å²) in [5, 5.41) is 11.8. The summed E-state index contributed by atoms with van der Waals surface area (Å²) in [5.41, 5.74) is 6.28. The van der Waals surface area contributed by atoms with Crippen LogP contribution in [0, 0.1) is 0 Å². The number of benzene rings is 2. The first-order valence-corrected chi connectivity index (χ1v) is 7.34. The summed E-state index contributed by atoms with van der Waals surface area (Å²) in [4.78, 5) is 1.86. The fourth-order valence-electron chi connectivity index (χ4n) is 2.42. The monoisotopic (exact) mass is 337 g/mol. The molecule has 0 aromatic heterocycles. The third-order valence-corrected chi connectivity index (χ3v) is 3.65. The van der Waals surface area contributed by atoms with Gasteiger partial charge in [0, 0.05) is 24.3 Å². The Kier molecular flexibility index (Phi) is 5.33. The highest BCUT2D eigenvalue weighted by Crippen LogP contribution is 2.33. The second-order valence-electron chi connectivity index (χ2n) is 5.21. The maximum Gasteiger partial charge on any atom is 0.416 e. The zero-order valence-corrected chi connectivity index (χ0v) is 13.1. The van der Waals surface area contributed by atoms with Gasteiger partial charge >= 0.3 is 6.18 Å². The molecule has 0 atom stereocenters. The summed E-state index contributed by atoms with van der Waals surface area (Å²) < 4.78 is 38.8. The third kappa shape index (κ3) is 3.98. The standard InChI is InChI=1S/C17H18F3N3O/c1-2-23(11-12-6-4-3-5-7-12)15-9-8-13(17(18,19)20)10-14(15)16(21)22-24/h3-10,24H,2,11H2,1H3,(H2,21,22). The van der Waals surface area contributed by atoms with Crippen molar-refractivity contribution in [3.05, 3.63) is 65.2 Å². The molecule has 7 heteroatoms. The molecule has 0 heterocycles. The minimum absolute atomic E-state index is 0.0464. The van der Waals surface area contributed by atoms with Gasteiger partial charge in [0.15, 0.2) is 5.84 Å². The van der Waals surface area contributed by atoms with E-state index in [1.165, 1.54) is 6.07 Å². The van der Waals surface area contributed by atoms with Gasteiger partial charge in [0.2, 0.25) is 0 Å².